The number of benzene rings is 2. The molecule has 1 aliphatic rings. The lowest BCUT2D eigenvalue weighted by atomic mass is 10.1. The Bertz CT molecular complexity index is 830. The van der Waals surface area contributed by atoms with Crippen molar-refractivity contribution in [2.75, 3.05) is 50.1 Å². The van der Waals surface area contributed by atoms with Crippen molar-refractivity contribution >= 4 is 23.1 Å². The molecule has 2 aromatic rings. The number of amides is 1. The average Bonchev–Trinajstić information content (AvgIpc) is 2.74. The molecule has 6 heteroatoms. The molecule has 1 saturated heterocycles. The number of hydrogen-bond donors (Lipinski definition) is 1. The lowest BCUT2D eigenvalue weighted by molar-refractivity contribution is -0.116. The van der Waals surface area contributed by atoms with Crippen LogP contribution in [0.1, 0.15) is 29.3 Å². The molecule has 0 atom stereocenters. The van der Waals surface area contributed by atoms with Crippen molar-refractivity contribution in [3.8, 4) is 0 Å². The van der Waals surface area contributed by atoms with Crippen molar-refractivity contribution in [1.29, 1.82) is 0 Å². The van der Waals surface area contributed by atoms with Gasteiger partial charge in [0, 0.05) is 49.5 Å². The third-order valence-corrected chi connectivity index (χ3v) is 5.08. The van der Waals surface area contributed by atoms with Gasteiger partial charge in [-0.3, -0.25) is 9.59 Å². The molecule has 0 spiro atoms. The Morgan fingerprint density at radius 1 is 1.07 bits per heavy atom. The van der Waals surface area contributed by atoms with Gasteiger partial charge in [0.15, 0.2) is 5.78 Å². The summed E-state index contributed by atoms with van der Waals surface area (Å²) < 4.78 is 5.46. The highest BCUT2D eigenvalue weighted by atomic mass is 16.5. The van der Waals surface area contributed by atoms with E-state index < -0.39 is 0 Å². The zero-order valence-corrected chi connectivity index (χ0v) is 17.2. The van der Waals surface area contributed by atoms with E-state index in [1.165, 1.54) is 18.2 Å². The van der Waals surface area contributed by atoms with Gasteiger partial charge in [0.1, 0.15) is 0 Å². The van der Waals surface area contributed by atoms with Crippen LogP contribution >= 0.6 is 0 Å². The number of morpholine rings is 1. The number of hydrogen-bond acceptors (Lipinski definition) is 5. The Morgan fingerprint density at radius 2 is 1.76 bits per heavy atom. The van der Waals surface area contributed by atoms with E-state index in [1.54, 1.807) is 24.3 Å². The molecule has 0 radical (unpaired) electrons. The number of para-hydroxylation sites is 1. The summed E-state index contributed by atoms with van der Waals surface area (Å²) >= 11 is 0. The van der Waals surface area contributed by atoms with Crippen LogP contribution in [0.25, 0.3) is 0 Å². The molecule has 1 fully saturated rings. The van der Waals surface area contributed by atoms with Gasteiger partial charge in [-0.2, -0.15) is 0 Å². The van der Waals surface area contributed by atoms with E-state index in [1.807, 2.05) is 7.05 Å². The number of Topliss-reactive ketones (excluding diaryl/α,β-unsaturated/α-hetero) is 1. The Kier molecular flexibility index (Phi) is 7.38. The summed E-state index contributed by atoms with van der Waals surface area (Å²) in [7, 11) is 2.03. The lowest BCUT2D eigenvalue weighted by Gasteiger charge is -2.31. The summed E-state index contributed by atoms with van der Waals surface area (Å²) in [5, 5.41) is 2.89. The number of carbonyl (C=O) groups is 2. The van der Waals surface area contributed by atoms with Crippen molar-refractivity contribution in [1.82, 2.24) is 4.90 Å². The first-order valence-corrected chi connectivity index (χ1v) is 10.0. The van der Waals surface area contributed by atoms with Gasteiger partial charge in [-0.25, -0.2) is 0 Å². The summed E-state index contributed by atoms with van der Waals surface area (Å²) in [6, 6.07) is 15.4. The maximum absolute atomic E-state index is 12.3. The zero-order valence-electron chi connectivity index (χ0n) is 17.2. The molecule has 0 unspecified atom stereocenters. The largest absolute Gasteiger partial charge is 0.378 e. The summed E-state index contributed by atoms with van der Waals surface area (Å²) in [5.41, 5.74) is 3.86. The smallest absolute Gasteiger partial charge is 0.225 e. The minimum Gasteiger partial charge on any atom is -0.378 e. The number of rotatable bonds is 8. The van der Waals surface area contributed by atoms with Crippen molar-refractivity contribution in [2.24, 2.45) is 0 Å². The van der Waals surface area contributed by atoms with Crippen molar-refractivity contribution in [3.63, 3.8) is 0 Å². The van der Waals surface area contributed by atoms with Crippen LogP contribution in [-0.2, 0) is 16.1 Å². The molecule has 29 heavy (non-hydrogen) atoms. The van der Waals surface area contributed by atoms with Crippen LogP contribution in [0.5, 0.6) is 0 Å². The number of nitrogens with zero attached hydrogens (tertiary/aromatic N) is 2. The van der Waals surface area contributed by atoms with Gasteiger partial charge in [0.2, 0.25) is 5.91 Å². The van der Waals surface area contributed by atoms with Gasteiger partial charge in [0.05, 0.1) is 13.2 Å². The summed E-state index contributed by atoms with van der Waals surface area (Å²) in [4.78, 5) is 28.1. The highest BCUT2D eigenvalue weighted by Gasteiger charge is 2.15. The van der Waals surface area contributed by atoms with Gasteiger partial charge in [0.25, 0.3) is 0 Å². The van der Waals surface area contributed by atoms with E-state index in [0.717, 1.165) is 32.8 Å². The van der Waals surface area contributed by atoms with E-state index in [4.69, 9.17) is 4.74 Å². The molecule has 1 heterocycles. The van der Waals surface area contributed by atoms with Crippen LogP contribution < -0.4 is 10.2 Å². The summed E-state index contributed by atoms with van der Waals surface area (Å²) in [5.74, 6) is -0.0178. The van der Waals surface area contributed by atoms with Crippen molar-refractivity contribution in [3.05, 3.63) is 59.7 Å². The quantitative estimate of drug-likeness (QED) is 0.696. The monoisotopic (exact) mass is 395 g/mol. The first-order chi connectivity index (χ1) is 14.0. The molecule has 0 bridgehead atoms. The fourth-order valence-electron chi connectivity index (χ4n) is 3.43. The van der Waals surface area contributed by atoms with Crippen LogP contribution in [0.15, 0.2) is 48.5 Å². The van der Waals surface area contributed by atoms with Gasteiger partial charge in [-0.05, 0) is 49.9 Å². The fourth-order valence-corrected chi connectivity index (χ4v) is 3.43. The standard InChI is InChI=1S/C23H29N3O3/c1-18(27)19-7-9-21(10-8-19)24-23(28)11-12-25(2)17-20-5-3-4-6-22(20)26-13-15-29-16-14-26/h3-10H,11-17H2,1-2H3,(H,24,28). The SMILES string of the molecule is CC(=O)c1ccc(NC(=O)CCN(C)Cc2ccccc2N2CCOCC2)cc1. The van der Waals surface area contributed by atoms with Crippen LogP contribution in [0, 0.1) is 0 Å². The Labute approximate surface area is 172 Å². The van der Waals surface area contributed by atoms with Crippen LogP contribution in [-0.4, -0.2) is 56.5 Å². The number of nitrogens with one attached hydrogen (secondary N) is 1. The Morgan fingerprint density at radius 3 is 2.45 bits per heavy atom. The maximum atomic E-state index is 12.3. The summed E-state index contributed by atoms with van der Waals surface area (Å²) in [6.07, 6.45) is 0.407. The van der Waals surface area contributed by atoms with Crippen LogP contribution in [0.4, 0.5) is 11.4 Å². The van der Waals surface area contributed by atoms with Gasteiger partial charge >= 0.3 is 0 Å². The number of carbonyl (C=O) groups excluding carboxylic acids is 2. The average molecular weight is 396 g/mol. The Balaban J connectivity index is 1.50. The molecule has 1 amide bonds. The fraction of sp³-hybridized carbons (Fsp3) is 0.391. The Hall–Kier alpha value is -2.70. The van der Waals surface area contributed by atoms with E-state index in [-0.39, 0.29) is 11.7 Å². The highest BCUT2D eigenvalue weighted by molar-refractivity contribution is 5.95. The zero-order chi connectivity index (χ0) is 20.6. The molecular weight excluding hydrogens is 366 g/mol. The van der Waals surface area contributed by atoms with E-state index in [9.17, 15) is 9.59 Å². The molecule has 0 aromatic heterocycles. The molecule has 154 valence electrons. The van der Waals surface area contributed by atoms with E-state index in [2.05, 4.69) is 39.4 Å². The van der Waals surface area contributed by atoms with Crippen LogP contribution in [0.3, 0.4) is 0 Å². The van der Waals surface area contributed by atoms with Gasteiger partial charge in [-0.15, -0.1) is 0 Å². The molecule has 6 nitrogen and oxygen atoms in total. The minimum absolute atomic E-state index is 0.0156. The molecule has 2 aromatic carbocycles. The normalized spacial score (nSPS) is 14.1. The molecule has 3 rings (SSSR count). The predicted octanol–water partition coefficient (Wildman–Crippen LogP) is 3.19. The van der Waals surface area contributed by atoms with Gasteiger partial charge < -0.3 is 19.9 Å². The lowest BCUT2D eigenvalue weighted by Crippen LogP contribution is -2.37. The second-order valence-electron chi connectivity index (χ2n) is 7.40. The maximum Gasteiger partial charge on any atom is 0.225 e. The molecular formula is C23H29N3O3. The topological polar surface area (TPSA) is 61.9 Å². The predicted molar refractivity (Wildman–Crippen MR) is 116 cm³/mol. The summed E-state index contributed by atoms with van der Waals surface area (Å²) in [6.45, 7) is 6.32. The molecule has 0 saturated carbocycles. The molecule has 1 N–H and O–H groups in total. The number of ether oxygens (including phenoxy) is 1. The van der Waals surface area contributed by atoms with Gasteiger partial charge in [-0.1, -0.05) is 18.2 Å². The first-order valence-electron chi connectivity index (χ1n) is 10.0. The number of anilines is 2. The van der Waals surface area contributed by atoms with Crippen LogP contribution in [0.2, 0.25) is 0 Å². The van der Waals surface area contributed by atoms with Crippen molar-refractivity contribution in [2.45, 2.75) is 19.9 Å². The third kappa shape index (κ3) is 6.14. The second-order valence-corrected chi connectivity index (χ2v) is 7.40. The first kappa shape index (κ1) is 21.0. The number of ketones is 1. The van der Waals surface area contributed by atoms with E-state index in [0.29, 0.717) is 24.2 Å². The molecule has 0 aliphatic carbocycles. The molecule has 1 aliphatic heterocycles. The highest BCUT2D eigenvalue weighted by Crippen LogP contribution is 2.22. The van der Waals surface area contributed by atoms with E-state index >= 15 is 0 Å². The second kappa shape index (κ2) is 10.2. The third-order valence-electron chi connectivity index (χ3n) is 5.08. The van der Waals surface area contributed by atoms with Crippen molar-refractivity contribution < 1.29 is 14.3 Å². The minimum atomic E-state index is -0.0334.